The molecule has 1 atom stereocenters. The fraction of sp³-hybridized carbons (Fsp3) is 0.650. The Morgan fingerprint density at radius 2 is 2.00 bits per heavy atom. The molecular weight excluding hydrogens is 336 g/mol. The number of amides is 1. The molecule has 5 heteroatoms. The Bertz CT molecular complexity index is 518. The number of rotatable bonds is 8. The van der Waals surface area contributed by atoms with Crippen LogP contribution in [0.4, 0.5) is 0 Å². The summed E-state index contributed by atoms with van der Waals surface area (Å²) in [6.07, 6.45) is 3.92. The van der Waals surface area contributed by atoms with Gasteiger partial charge in [-0.05, 0) is 62.7 Å². The number of benzene rings is 1. The van der Waals surface area contributed by atoms with E-state index < -0.39 is 0 Å². The summed E-state index contributed by atoms with van der Waals surface area (Å²) in [4.78, 5) is 14.2. The summed E-state index contributed by atoms with van der Waals surface area (Å²) in [5.74, 6) is 2.36. The van der Waals surface area contributed by atoms with E-state index >= 15 is 0 Å². The number of hydrogen-bond acceptors (Lipinski definition) is 3. The maximum absolute atomic E-state index is 12.4. The summed E-state index contributed by atoms with van der Waals surface area (Å²) >= 11 is 0. The van der Waals surface area contributed by atoms with Crippen LogP contribution >= 0.6 is 12.4 Å². The highest BCUT2D eigenvalue weighted by molar-refractivity contribution is 5.85. The molecule has 1 fully saturated rings. The minimum Gasteiger partial charge on any atom is -0.493 e. The normalized spacial score (nSPS) is 16.0. The summed E-state index contributed by atoms with van der Waals surface area (Å²) in [6.45, 7) is 7.86. The fourth-order valence-electron chi connectivity index (χ4n) is 3.34. The lowest BCUT2D eigenvalue weighted by Crippen LogP contribution is -2.34. The molecule has 1 N–H and O–H groups in total. The van der Waals surface area contributed by atoms with Crippen molar-refractivity contribution in [2.75, 3.05) is 33.3 Å². The topological polar surface area (TPSA) is 41.6 Å². The Kier molecular flexibility index (Phi) is 9.91. The Labute approximate surface area is 158 Å². The predicted molar refractivity (Wildman–Crippen MR) is 106 cm³/mol. The van der Waals surface area contributed by atoms with Crippen molar-refractivity contribution >= 4 is 18.3 Å². The fourth-order valence-corrected chi connectivity index (χ4v) is 3.34. The van der Waals surface area contributed by atoms with Gasteiger partial charge in [0.05, 0.1) is 6.61 Å². The molecule has 0 aliphatic carbocycles. The van der Waals surface area contributed by atoms with E-state index in [1.165, 1.54) is 12.8 Å². The number of carbonyl (C=O) groups is 1. The van der Waals surface area contributed by atoms with Crippen LogP contribution in [-0.2, 0) is 4.79 Å². The Morgan fingerprint density at radius 3 is 2.68 bits per heavy atom. The van der Waals surface area contributed by atoms with Crippen LogP contribution in [0.2, 0.25) is 0 Å². The first-order valence-electron chi connectivity index (χ1n) is 9.21. The summed E-state index contributed by atoms with van der Waals surface area (Å²) in [5.41, 5.74) is 1.15. The number of piperidine rings is 1. The first-order valence-corrected chi connectivity index (χ1v) is 9.21. The molecule has 0 bridgehead atoms. The van der Waals surface area contributed by atoms with Crippen LogP contribution in [0, 0.1) is 18.8 Å². The van der Waals surface area contributed by atoms with E-state index in [4.69, 9.17) is 4.74 Å². The molecule has 0 saturated carbocycles. The van der Waals surface area contributed by atoms with Gasteiger partial charge in [0.1, 0.15) is 5.75 Å². The van der Waals surface area contributed by atoms with E-state index in [-0.39, 0.29) is 18.3 Å². The zero-order valence-corrected chi connectivity index (χ0v) is 16.6. The van der Waals surface area contributed by atoms with Gasteiger partial charge in [-0.25, -0.2) is 0 Å². The second-order valence-corrected chi connectivity index (χ2v) is 7.05. The minimum absolute atomic E-state index is 0. The van der Waals surface area contributed by atoms with Crippen LogP contribution in [0.3, 0.4) is 0 Å². The number of halogens is 1. The van der Waals surface area contributed by atoms with Crippen LogP contribution in [0.1, 0.15) is 38.2 Å². The van der Waals surface area contributed by atoms with Gasteiger partial charge in [0.2, 0.25) is 5.91 Å². The van der Waals surface area contributed by atoms with Gasteiger partial charge in [-0.15, -0.1) is 12.4 Å². The number of nitrogens with zero attached hydrogens (tertiary/aromatic N) is 1. The lowest BCUT2D eigenvalue weighted by molar-refractivity contribution is -0.131. The largest absolute Gasteiger partial charge is 0.493 e. The monoisotopic (exact) mass is 368 g/mol. The predicted octanol–water partition coefficient (Wildman–Crippen LogP) is 3.67. The average Bonchev–Trinajstić information content (AvgIpc) is 2.60. The van der Waals surface area contributed by atoms with Crippen molar-refractivity contribution in [2.24, 2.45) is 11.8 Å². The number of ether oxygens (including phenoxy) is 1. The van der Waals surface area contributed by atoms with Crippen molar-refractivity contribution in [2.45, 2.75) is 39.5 Å². The van der Waals surface area contributed by atoms with E-state index in [0.717, 1.165) is 37.4 Å². The number of aryl methyl sites for hydroxylation is 1. The number of nitrogens with one attached hydrogen (secondary N) is 1. The highest BCUT2D eigenvalue weighted by atomic mass is 35.5. The third-order valence-electron chi connectivity index (χ3n) is 5.10. The van der Waals surface area contributed by atoms with Crippen molar-refractivity contribution in [3.8, 4) is 5.75 Å². The molecule has 1 aliphatic heterocycles. The second-order valence-electron chi connectivity index (χ2n) is 7.05. The van der Waals surface area contributed by atoms with Crippen molar-refractivity contribution in [1.29, 1.82) is 0 Å². The van der Waals surface area contributed by atoms with Crippen molar-refractivity contribution < 1.29 is 9.53 Å². The quantitative estimate of drug-likeness (QED) is 0.712. The smallest absolute Gasteiger partial charge is 0.222 e. The van der Waals surface area contributed by atoms with Gasteiger partial charge in [0.15, 0.2) is 0 Å². The number of carbonyl (C=O) groups excluding carboxylic acids is 1. The molecule has 1 unspecified atom stereocenters. The van der Waals surface area contributed by atoms with E-state index in [9.17, 15) is 4.79 Å². The molecule has 1 aliphatic rings. The third kappa shape index (κ3) is 7.25. The molecular formula is C20H33ClN2O2. The number of para-hydroxylation sites is 1. The van der Waals surface area contributed by atoms with Crippen molar-refractivity contribution in [3.05, 3.63) is 29.8 Å². The molecule has 142 valence electrons. The molecule has 1 saturated heterocycles. The van der Waals surface area contributed by atoms with Gasteiger partial charge in [-0.2, -0.15) is 0 Å². The lowest BCUT2D eigenvalue weighted by Gasteiger charge is -2.29. The highest BCUT2D eigenvalue weighted by Crippen LogP contribution is 2.24. The van der Waals surface area contributed by atoms with Crippen molar-refractivity contribution in [3.63, 3.8) is 0 Å². The first-order chi connectivity index (χ1) is 11.6. The van der Waals surface area contributed by atoms with E-state index in [1.54, 1.807) is 0 Å². The van der Waals surface area contributed by atoms with Crippen molar-refractivity contribution in [1.82, 2.24) is 10.2 Å². The Hall–Kier alpha value is -1.26. The first kappa shape index (κ1) is 21.8. The zero-order valence-electron chi connectivity index (χ0n) is 15.8. The molecule has 2 rings (SSSR count). The van der Waals surface area contributed by atoms with Gasteiger partial charge >= 0.3 is 0 Å². The summed E-state index contributed by atoms with van der Waals surface area (Å²) in [5, 5.41) is 3.39. The van der Waals surface area contributed by atoms with Crippen LogP contribution in [0.5, 0.6) is 5.75 Å². The highest BCUT2D eigenvalue weighted by Gasteiger charge is 2.23. The summed E-state index contributed by atoms with van der Waals surface area (Å²) in [6, 6.07) is 8.04. The Balaban J connectivity index is 0.00000312. The SMILES string of the molecule is Cc1ccccc1OCCCN(C)C(=O)CC(C)C1CCNCC1.Cl. The maximum Gasteiger partial charge on any atom is 0.222 e. The summed E-state index contributed by atoms with van der Waals surface area (Å²) in [7, 11) is 1.91. The zero-order chi connectivity index (χ0) is 17.4. The van der Waals surface area contributed by atoms with Gasteiger partial charge < -0.3 is 15.0 Å². The van der Waals surface area contributed by atoms with Gasteiger partial charge in [0, 0.05) is 20.0 Å². The van der Waals surface area contributed by atoms with Crippen LogP contribution < -0.4 is 10.1 Å². The maximum atomic E-state index is 12.4. The number of hydrogen-bond donors (Lipinski definition) is 1. The van der Waals surface area contributed by atoms with Crippen LogP contribution in [-0.4, -0.2) is 44.1 Å². The second kappa shape index (κ2) is 11.4. The molecule has 4 nitrogen and oxygen atoms in total. The summed E-state index contributed by atoms with van der Waals surface area (Å²) < 4.78 is 5.80. The molecule has 1 aromatic carbocycles. The molecule has 0 radical (unpaired) electrons. The van der Waals surface area contributed by atoms with E-state index in [2.05, 4.69) is 12.2 Å². The molecule has 1 heterocycles. The minimum atomic E-state index is 0. The molecule has 0 aromatic heterocycles. The van der Waals surface area contributed by atoms with E-state index in [1.807, 2.05) is 43.1 Å². The van der Waals surface area contributed by atoms with E-state index in [0.29, 0.717) is 24.9 Å². The third-order valence-corrected chi connectivity index (χ3v) is 5.10. The molecule has 0 spiro atoms. The molecule has 1 amide bonds. The molecule has 1 aromatic rings. The molecule has 25 heavy (non-hydrogen) atoms. The van der Waals surface area contributed by atoms with Crippen LogP contribution in [0.25, 0.3) is 0 Å². The van der Waals surface area contributed by atoms with Gasteiger partial charge in [-0.1, -0.05) is 25.1 Å². The van der Waals surface area contributed by atoms with Crippen LogP contribution in [0.15, 0.2) is 24.3 Å². The van der Waals surface area contributed by atoms with Gasteiger partial charge in [-0.3, -0.25) is 4.79 Å². The lowest BCUT2D eigenvalue weighted by atomic mass is 9.84. The Morgan fingerprint density at radius 1 is 1.32 bits per heavy atom. The average molecular weight is 369 g/mol. The van der Waals surface area contributed by atoms with Gasteiger partial charge in [0.25, 0.3) is 0 Å². The standard InChI is InChI=1S/C20H32N2O2.ClH/c1-16-7-4-5-8-19(16)24-14-6-13-22(3)20(23)15-17(2)18-9-11-21-12-10-18;/h4-5,7-8,17-18,21H,6,9-15H2,1-3H3;1H.